The average Bonchev–Trinajstić information content (AvgIpc) is 2.62. The van der Waals surface area contributed by atoms with Crippen LogP contribution in [0.5, 0.6) is 0 Å². The lowest BCUT2D eigenvalue weighted by Gasteiger charge is -2.37. The molecule has 19 heavy (non-hydrogen) atoms. The van der Waals surface area contributed by atoms with Gasteiger partial charge < -0.3 is 10.6 Å². The van der Waals surface area contributed by atoms with Crippen LogP contribution in [0.15, 0.2) is 28.7 Å². The highest BCUT2D eigenvalue weighted by Gasteiger charge is 2.41. The van der Waals surface area contributed by atoms with Crippen molar-refractivity contribution in [2.75, 3.05) is 0 Å². The number of piperidine rings is 1. The lowest BCUT2D eigenvalue weighted by molar-refractivity contribution is -0.135. The van der Waals surface area contributed by atoms with Gasteiger partial charge in [0.05, 0.1) is 6.42 Å². The molecule has 0 aromatic heterocycles. The molecule has 0 saturated carbocycles. The van der Waals surface area contributed by atoms with Crippen molar-refractivity contribution in [2.24, 2.45) is 5.73 Å². The van der Waals surface area contributed by atoms with Gasteiger partial charge in [0.25, 0.3) is 0 Å². The van der Waals surface area contributed by atoms with Gasteiger partial charge in [-0.3, -0.25) is 4.79 Å². The summed E-state index contributed by atoms with van der Waals surface area (Å²) in [4.78, 5) is 14.6. The summed E-state index contributed by atoms with van der Waals surface area (Å²) in [5.74, 6) is 0.262. The Hall–Kier alpha value is -0.870. The fourth-order valence-corrected chi connectivity index (χ4v) is 3.99. The second-order valence-corrected chi connectivity index (χ2v) is 6.64. The van der Waals surface area contributed by atoms with E-state index in [0.717, 1.165) is 35.7 Å². The highest BCUT2D eigenvalue weighted by Crippen LogP contribution is 2.35. The number of halogens is 1. The molecule has 0 aliphatic carbocycles. The molecule has 2 aliphatic rings. The maximum atomic E-state index is 12.5. The number of fused-ring (bicyclic) bond motifs is 2. The topological polar surface area (TPSA) is 46.3 Å². The highest BCUT2D eigenvalue weighted by atomic mass is 79.9. The van der Waals surface area contributed by atoms with E-state index >= 15 is 0 Å². The molecule has 2 atom stereocenters. The van der Waals surface area contributed by atoms with Crippen molar-refractivity contribution in [3.8, 4) is 0 Å². The van der Waals surface area contributed by atoms with Crippen molar-refractivity contribution in [1.29, 1.82) is 0 Å². The van der Waals surface area contributed by atoms with E-state index in [1.165, 1.54) is 0 Å². The molecule has 2 fully saturated rings. The largest absolute Gasteiger partial charge is 0.336 e. The van der Waals surface area contributed by atoms with Gasteiger partial charge in [-0.2, -0.15) is 0 Å². The van der Waals surface area contributed by atoms with Crippen LogP contribution in [0.1, 0.15) is 31.2 Å². The van der Waals surface area contributed by atoms with Crippen LogP contribution >= 0.6 is 15.9 Å². The van der Waals surface area contributed by atoms with Crippen LogP contribution < -0.4 is 5.73 Å². The van der Waals surface area contributed by atoms with Crippen molar-refractivity contribution in [3.63, 3.8) is 0 Å². The van der Waals surface area contributed by atoms with Crippen LogP contribution in [0.3, 0.4) is 0 Å². The standard InChI is InChI=1S/C15H19BrN2O/c16-11-3-1-2-10(6-11)7-15(19)18-13-4-5-14(18)9-12(17)8-13/h1-3,6,12-14H,4-5,7-9,17H2. The zero-order chi connectivity index (χ0) is 13.4. The van der Waals surface area contributed by atoms with E-state index in [9.17, 15) is 4.79 Å². The minimum Gasteiger partial charge on any atom is -0.336 e. The van der Waals surface area contributed by atoms with Crippen molar-refractivity contribution in [3.05, 3.63) is 34.3 Å². The number of carbonyl (C=O) groups is 1. The Morgan fingerprint density at radius 1 is 1.32 bits per heavy atom. The Morgan fingerprint density at radius 3 is 2.63 bits per heavy atom. The first-order valence-electron chi connectivity index (χ1n) is 6.94. The van der Waals surface area contributed by atoms with Gasteiger partial charge in [0.15, 0.2) is 0 Å². The van der Waals surface area contributed by atoms with E-state index in [4.69, 9.17) is 5.73 Å². The Bertz CT molecular complexity index is 477. The molecule has 2 bridgehead atoms. The Labute approximate surface area is 122 Å². The molecule has 102 valence electrons. The van der Waals surface area contributed by atoms with Gasteiger partial charge in [-0.05, 0) is 43.4 Å². The van der Waals surface area contributed by atoms with Crippen LogP contribution in [-0.4, -0.2) is 28.9 Å². The molecular formula is C15H19BrN2O. The van der Waals surface area contributed by atoms with Gasteiger partial charge in [0, 0.05) is 22.6 Å². The lowest BCUT2D eigenvalue weighted by Crippen LogP contribution is -2.50. The predicted octanol–water partition coefficient (Wildman–Crippen LogP) is 2.47. The molecule has 0 radical (unpaired) electrons. The highest BCUT2D eigenvalue weighted by molar-refractivity contribution is 9.10. The van der Waals surface area contributed by atoms with Gasteiger partial charge in [0.2, 0.25) is 5.91 Å². The maximum Gasteiger partial charge on any atom is 0.227 e. The van der Waals surface area contributed by atoms with E-state index in [2.05, 4.69) is 20.8 Å². The Kier molecular flexibility index (Phi) is 3.63. The summed E-state index contributed by atoms with van der Waals surface area (Å²) >= 11 is 3.45. The molecule has 1 aromatic carbocycles. The Morgan fingerprint density at radius 2 is 2.00 bits per heavy atom. The van der Waals surface area contributed by atoms with Crippen LogP contribution in [0, 0.1) is 0 Å². The maximum absolute atomic E-state index is 12.5. The number of carbonyl (C=O) groups excluding carboxylic acids is 1. The van der Waals surface area contributed by atoms with Crippen LogP contribution in [-0.2, 0) is 11.2 Å². The monoisotopic (exact) mass is 322 g/mol. The summed E-state index contributed by atoms with van der Waals surface area (Å²) in [7, 11) is 0. The molecule has 2 aliphatic heterocycles. The zero-order valence-corrected chi connectivity index (χ0v) is 12.5. The molecule has 2 saturated heterocycles. The van der Waals surface area contributed by atoms with Crippen LogP contribution in [0.4, 0.5) is 0 Å². The molecule has 1 amide bonds. The smallest absolute Gasteiger partial charge is 0.227 e. The van der Waals surface area contributed by atoms with E-state index in [0.29, 0.717) is 18.5 Å². The third-order valence-corrected chi connectivity index (χ3v) is 4.80. The minimum absolute atomic E-state index is 0.262. The SMILES string of the molecule is NC1CC2CCC(C1)N2C(=O)Cc1cccc(Br)c1. The number of benzene rings is 1. The Balaban J connectivity index is 1.71. The molecule has 0 spiro atoms. The normalized spacial score (nSPS) is 29.6. The lowest BCUT2D eigenvalue weighted by atomic mass is 9.97. The first-order valence-corrected chi connectivity index (χ1v) is 7.74. The molecule has 3 nitrogen and oxygen atoms in total. The van der Waals surface area contributed by atoms with Gasteiger partial charge in [-0.1, -0.05) is 28.1 Å². The van der Waals surface area contributed by atoms with Crippen molar-refractivity contribution >= 4 is 21.8 Å². The molecular weight excluding hydrogens is 304 g/mol. The van der Waals surface area contributed by atoms with E-state index < -0.39 is 0 Å². The van der Waals surface area contributed by atoms with Crippen molar-refractivity contribution in [2.45, 2.75) is 50.2 Å². The second kappa shape index (κ2) is 5.25. The van der Waals surface area contributed by atoms with Crippen LogP contribution in [0.25, 0.3) is 0 Å². The number of rotatable bonds is 2. The summed E-state index contributed by atoms with van der Waals surface area (Å²) in [6, 6.07) is 9.05. The molecule has 2 unspecified atom stereocenters. The first kappa shape index (κ1) is 13.1. The number of nitrogens with zero attached hydrogens (tertiary/aromatic N) is 1. The number of hydrogen-bond donors (Lipinski definition) is 1. The quantitative estimate of drug-likeness (QED) is 0.909. The van der Waals surface area contributed by atoms with E-state index in [1.54, 1.807) is 0 Å². The number of nitrogens with two attached hydrogens (primary N) is 1. The number of amides is 1. The fraction of sp³-hybridized carbons (Fsp3) is 0.533. The fourth-order valence-electron chi connectivity index (χ4n) is 3.54. The molecule has 2 N–H and O–H groups in total. The molecule has 3 rings (SSSR count). The van der Waals surface area contributed by atoms with Crippen molar-refractivity contribution in [1.82, 2.24) is 4.90 Å². The predicted molar refractivity (Wildman–Crippen MR) is 78.7 cm³/mol. The summed E-state index contributed by atoms with van der Waals surface area (Å²) in [6.45, 7) is 0. The third-order valence-electron chi connectivity index (χ3n) is 4.30. The van der Waals surface area contributed by atoms with Gasteiger partial charge >= 0.3 is 0 Å². The average molecular weight is 323 g/mol. The van der Waals surface area contributed by atoms with Gasteiger partial charge in [-0.15, -0.1) is 0 Å². The minimum atomic E-state index is 0.262. The van der Waals surface area contributed by atoms with Gasteiger partial charge in [-0.25, -0.2) is 0 Å². The van der Waals surface area contributed by atoms with E-state index in [1.807, 2.05) is 24.3 Å². The van der Waals surface area contributed by atoms with Crippen molar-refractivity contribution < 1.29 is 4.79 Å². The van der Waals surface area contributed by atoms with E-state index in [-0.39, 0.29) is 11.9 Å². The van der Waals surface area contributed by atoms with Gasteiger partial charge in [0.1, 0.15) is 0 Å². The second-order valence-electron chi connectivity index (χ2n) is 5.72. The summed E-state index contributed by atoms with van der Waals surface area (Å²) < 4.78 is 1.03. The summed E-state index contributed by atoms with van der Waals surface area (Å²) in [5, 5.41) is 0. The summed E-state index contributed by atoms with van der Waals surface area (Å²) in [5.41, 5.74) is 7.12. The van der Waals surface area contributed by atoms with Crippen LogP contribution in [0.2, 0.25) is 0 Å². The first-order chi connectivity index (χ1) is 9.13. The molecule has 1 aromatic rings. The molecule has 2 heterocycles. The zero-order valence-electron chi connectivity index (χ0n) is 10.9. The molecule has 4 heteroatoms. The number of hydrogen-bond acceptors (Lipinski definition) is 2. The third kappa shape index (κ3) is 2.70. The summed E-state index contributed by atoms with van der Waals surface area (Å²) in [6.07, 6.45) is 4.70.